The fraction of sp³-hybridized carbons (Fsp3) is 0.750. The van der Waals surface area contributed by atoms with E-state index in [0.717, 1.165) is 0 Å². The summed E-state index contributed by atoms with van der Waals surface area (Å²) in [4.78, 5) is 18.0. The molecule has 49 valence electrons. The Morgan fingerprint density at radius 3 is 2.56 bits per heavy atom. The number of carbonyl (C=O) groups is 1. The largest absolute Gasteiger partial charge is 0.394 e. The van der Waals surface area contributed by atoms with Crippen molar-refractivity contribution in [2.24, 2.45) is 0 Å². The Morgan fingerprint density at radius 1 is 1.67 bits per heavy atom. The first kappa shape index (κ1) is 12.1. The Bertz CT molecular complexity index is 75.0. The van der Waals surface area contributed by atoms with Gasteiger partial charge >= 0.3 is 5.97 Å². The smallest absolute Gasteiger partial charge is 0.339 e. The zero-order valence-corrected chi connectivity index (χ0v) is 7.59. The summed E-state index contributed by atoms with van der Waals surface area (Å²) in [6.45, 7) is 1.10. The Kier molecular flexibility index (Phi) is 11.3. The Balaban J connectivity index is 0. The molecule has 0 fully saturated rings. The molecular weight excluding hydrogens is 135 g/mol. The van der Waals surface area contributed by atoms with Crippen molar-refractivity contribution in [1.82, 2.24) is 0 Å². The summed E-state index contributed by atoms with van der Waals surface area (Å²) in [5.41, 5.74) is 0. The van der Waals surface area contributed by atoms with Crippen molar-refractivity contribution in [1.29, 1.82) is 0 Å². The molecule has 0 unspecified atom stereocenters. The third-order valence-corrected chi connectivity index (χ3v) is 0.351. The average molecular weight is 143 g/mol. The third kappa shape index (κ3) is 11.8. The van der Waals surface area contributed by atoms with Crippen molar-refractivity contribution in [2.75, 3.05) is 13.2 Å². The second kappa shape index (κ2) is 8.39. The maximum atomic E-state index is 9.89. The van der Waals surface area contributed by atoms with Crippen LogP contribution in [0.3, 0.4) is 0 Å². The Labute approximate surface area is 75.4 Å². The molecule has 0 aliphatic heterocycles. The molecule has 0 rings (SSSR count). The molecule has 0 atom stereocenters. The van der Waals surface area contributed by atoms with E-state index in [1.165, 1.54) is 6.92 Å². The van der Waals surface area contributed by atoms with Gasteiger partial charge in [0.1, 0.15) is 6.61 Å². The fourth-order valence-corrected chi connectivity index (χ4v) is 0.162. The third-order valence-electron chi connectivity index (χ3n) is 0.351. The van der Waals surface area contributed by atoms with Crippen molar-refractivity contribution in [3.8, 4) is 0 Å². The van der Waals surface area contributed by atoms with Crippen molar-refractivity contribution in [3.05, 3.63) is 0 Å². The van der Waals surface area contributed by atoms with Crippen LogP contribution < -0.4 is 0 Å². The Morgan fingerprint density at radius 2 is 2.22 bits per heavy atom. The van der Waals surface area contributed by atoms with Crippen LogP contribution in [-0.2, 0) is 14.6 Å². The van der Waals surface area contributed by atoms with E-state index >= 15 is 0 Å². The van der Waals surface area contributed by atoms with Gasteiger partial charge in [-0.05, 0) is 0 Å². The van der Waals surface area contributed by atoms with Crippen LogP contribution in [0.2, 0.25) is 0 Å². The van der Waals surface area contributed by atoms with Gasteiger partial charge in [-0.25, -0.2) is 4.79 Å². The van der Waals surface area contributed by atoms with Crippen LogP contribution in [0.15, 0.2) is 0 Å². The maximum Gasteiger partial charge on any atom is 0.339 e. The van der Waals surface area contributed by atoms with Gasteiger partial charge in [-0.15, -0.1) is 0 Å². The van der Waals surface area contributed by atoms with E-state index in [2.05, 4.69) is 9.78 Å². The number of aliphatic hydroxyl groups excluding tert-OH is 1. The average Bonchev–Trinajstić information content (AvgIpc) is 1.66. The number of rotatable bonds is 3. The zero-order valence-electron chi connectivity index (χ0n) is 5.59. The van der Waals surface area contributed by atoms with E-state index < -0.39 is 5.97 Å². The van der Waals surface area contributed by atoms with Gasteiger partial charge in [-0.2, -0.15) is 4.89 Å². The molecule has 1 N–H and O–H groups in total. The summed E-state index contributed by atoms with van der Waals surface area (Å²) < 4.78 is 0. The number of hydrogen-bond acceptors (Lipinski definition) is 4. The monoisotopic (exact) mass is 143 g/mol. The second-order valence-corrected chi connectivity index (χ2v) is 1.12. The number of aliphatic hydroxyl groups is 1. The first-order valence-electron chi connectivity index (χ1n) is 2.18. The SMILES string of the molecule is CC(=O)OOCCO.[Na]. The topological polar surface area (TPSA) is 55.8 Å². The van der Waals surface area contributed by atoms with Crippen LogP contribution in [0.5, 0.6) is 0 Å². The van der Waals surface area contributed by atoms with E-state index in [-0.39, 0.29) is 42.8 Å². The van der Waals surface area contributed by atoms with Crippen molar-refractivity contribution >= 4 is 35.5 Å². The van der Waals surface area contributed by atoms with Crippen LogP contribution in [0, 0.1) is 0 Å². The molecule has 0 heterocycles. The summed E-state index contributed by atoms with van der Waals surface area (Å²) in [5.74, 6) is -0.515. The van der Waals surface area contributed by atoms with Crippen LogP contribution >= 0.6 is 0 Å². The van der Waals surface area contributed by atoms with Gasteiger partial charge in [0.05, 0.1) is 6.61 Å². The molecule has 0 saturated heterocycles. The van der Waals surface area contributed by atoms with Crippen molar-refractivity contribution in [2.45, 2.75) is 6.92 Å². The molecule has 0 amide bonds. The minimum Gasteiger partial charge on any atom is -0.394 e. The van der Waals surface area contributed by atoms with E-state index in [4.69, 9.17) is 5.11 Å². The van der Waals surface area contributed by atoms with Crippen molar-refractivity contribution < 1.29 is 19.7 Å². The second-order valence-electron chi connectivity index (χ2n) is 1.12. The van der Waals surface area contributed by atoms with Gasteiger partial charge in [-0.3, -0.25) is 4.89 Å². The first-order chi connectivity index (χ1) is 3.77. The summed E-state index contributed by atoms with van der Waals surface area (Å²) in [7, 11) is 0. The molecule has 9 heavy (non-hydrogen) atoms. The summed E-state index contributed by atoms with van der Waals surface area (Å²) in [5, 5.41) is 8.06. The molecule has 1 radical (unpaired) electrons. The van der Waals surface area contributed by atoms with Crippen LogP contribution in [0.25, 0.3) is 0 Å². The predicted molar refractivity (Wildman–Crippen MR) is 30.6 cm³/mol. The standard InChI is InChI=1S/C4H8O4.Na/c1-4(6)8-7-3-2-5;/h5H,2-3H2,1H3;. The van der Waals surface area contributed by atoms with Gasteiger partial charge < -0.3 is 5.11 Å². The molecule has 0 aromatic rings. The molecule has 5 heteroatoms. The summed E-state index contributed by atoms with van der Waals surface area (Å²) in [6, 6.07) is 0. The molecule has 4 nitrogen and oxygen atoms in total. The van der Waals surface area contributed by atoms with Gasteiger partial charge in [0.15, 0.2) is 0 Å². The molecule has 0 bridgehead atoms. The van der Waals surface area contributed by atoms with Gasteiger partial charge in [0, 0.05) is 36.5 Å². The molecule has 0 saturated carbocycles. The molecule has 0 spiro atoms. The van der Waals surface area contributed by atoms with Gasteiger partial charge in [0.2, 0.25) is 0 Å². The number of hydrogen-bond donors (Lipinski definition) is 1. The molecule has 0 aliphatic rings. The molecule has 0 aromatic carbocycles. The van der Waals surface area contributed by atoms with E-state index in [1.807, 2.05) is 0 Å². The van der Waals surface area contributed by atoms with Crippen LogP contribution in [0.4, 0.5) is 0 Å². The van der Waals surface area contributed by atoms with Crippen LogP contribution in [0.1, 0.15) is 6.92 Å². The number of carbonyl (C=O) groups excluding carboxylic acids is 1. The van der Waals surface area contributed by atoms with Gasteiger partial charge in [-0.1, -0.05) is 0 Å². The first-order valence-corrected chi connectivity index (χ1v) is 2.18. The minimum absolute atomic E-state index is 0. The molecular formula is C4H8NaO4. The summed E-state index contributed by atoms with van der Waals surface area (Å²) in [6.07, 6.45) is 0. The molecule has 0 aliphatic carbocycles. The fourth-order valence-electron chi connectivity index (χ4n) is 0.162. The van der Waals surface area contributed by atoms with Crippen LogP contribution in [-0.4, -0.2) is 53.8 Å². The zero-order chi connectivity index (χ0) is 6.41. The van der Waals surface area contributed by atoms with E-state index in [9.17, 15) is 4.79 Å². The quantitative estimate of drug-likeness (QED) is 0.240. The predicted octanol–water partition coefficient (Wildman–Crippen LogP) is -0.907. The van der Waals surface area contributed by atoms with Gasteiger partial charge in [0.25, 0.3) is 0 Å². The minimum atomic E-state index is -0.515. The van der Waals surface area contributed by atoms with E-state index in [0.29, 0.717) is 0 Å². The molecule has 0 aromatic heterocycles. The maximum absolute atomic E-state index is 9.89. The normalized spacial score (nSPS) is 7.78. The van der Waals surface area contributed by atoms with E-state index in [1.54, 1.807) is 0 Å². The summed E-state index contributed by atoms with van der Waals surface area (Å²) >= 11 is 0. The van der Waals surface area contributed by atoms with Crippen molar-refractivity contribution in [3.63, 3.8) is 0 Å². The Hall–Kier alpha value is 0.390.